The average Bonchev–Trinajstić information content (AvgIpc) is 1.56. The molecule has 103 heavy (non-hydrogen) atoms. The molecule has 1 aliphatic carbocycles. The summed E-state index contributed by atoms with van der Waals surface area (Å²) >= 11 is 0. The van der Waals surface area contributed by atoms with E-state index in [-0.39, 0.29) is 5.41 Å². The number of benzene rings is 11. The van der Waals surface area contributed by atoms with Gasteiger partial charge in [-0.25, -0.2) is 0 Å². The van der Waals surface area contributed by atoms with Crippen molar-refractivity contribution in [2.75, 3.05) is 14.7 Å². The summed E-state index contributed by atoms with van der Waals surface area (Å²) in [4.78, 5) is 7.09. The highest BCUT2D eigenvalue weighted by atomic mass is 15.2. The molecule has 0 aromatic heterocycles. The van der Waals surface area contributed by atoms with Crippen LogP contribution in [-0.4, -0.2) is 0 Å². The quantitative estimate of drug-likeness (QED) is 0.0433. The Labute approximate surface area is 623 Å². The Balaban J connectivity index is 0.000000191. The van der Waals surface area contributed by atoms with E-state index in [9.17, 15) is 0 Å². The molecule has 11 aromatic rings. The van der Waals surface area contributed by atoms with Crippen LogP contribution in [-0.2, 0) is 11.8 Å². The largest absolute Gasteiger partial charge is 0.311 e. The molecule has 0 amide bonds. The van der Waals surface area contributed by atoms with Gasteiger partial charge in [-0.15, -0.1) is 0 Å². The Morgan fingerprint density at radius 3 is 1.00 bits per heavy atom. The van der Waals surface area contributed by atoms with E-state index in [0.717, 1.165) is 12.8 Å². The van der Waals surface area contributed by atoms with Crippen LogP contribution in [0.1, 0.15) is 222 Å². The lowest BCUT2D eigenvalue weighted by atomic mass is 9.70. The predicted octanol–water partition coefficient (Wildman–Crippen LogP) is 30.5. The summed E-state index contributed by atoms with van der Waals surface area (Å²) in [5.74, 6) is 0.561. The molecule has 0 spiro atoms. The summed E-state index contributed by atoms with van der Waals surface area (Å²) in [7, 11) is 0. The number of aryl methyl sites for hydroxylation is 10. The van der Waals surface area contributed by atoms with Crippen molar-refractivity contribution in [2.45, 2.75) is 224 Å². The molecular formula is C100H119N3. The molecule has 3 heteroatoms. The molecule has 0 radical (unpaired) electrons. The van der Waals surface area contributed by atoms with Crippen LogP contribution >= 0.6 is 0 Å². The Hall–Kier alpha value is -9.18. The predicted molar refractivity (Wildman–Crippen MR) is 451 cm³/mol. The minimum Gasteiger partial charge on any atom is -0.311 e. The SMILES string of the molecule is CCCCCCCCC1(CCCCCCCC)c2cc(C)ccc2-c2ccc(-c3ccc(N(c4ccc(C)cc4)c4ccc(C(C)CC)cc4)cc3)cc21.CCCCc1ccc(N(c2ccc(C)cc2)c2ccc(C)cc2)cc1.Cc1ccc(N(c2ccc(C)cc2)c2c(C)cc(C)cc2C)cc1. The zero-order valence-corrected chi connectivity index (χ0v) is 65.2. The van der Waals surface area contributed by atoms with Gasteiger partial charge in [0.1, 0.15) is 0 Å². The first-order valence-corrected chi connectivity index (χ1v) is 39.4. The van der Waals surface area contributed by atoms with Gasteiger partial charge in [0, 0.05) is 50.9 Å². The molecule has 534 valence electrons. The minimum atomic E-state index is 0.0891. The van der Waals surface area contributed by atoms with Crippen LogP contribution in [0.15, 0.2) is 243 Å². The number of nitrogens with zero attached hydrogens (tertiary/aromatic N) is 3. The molecule has 1 unspecified atom stereocenters. The topological polar surface area (TPSA) is 9.72 Å². The third-order valence-corrected chi connectivity index (χ3v) is 21.6. The van der Waals surface area contributed by atoms with E-state index < -0.39 is 0 Å². The molecule has 0 bridgehead atoms. The monoisotopic (exact) mass is 1360 g/mol. The molecule has 3 nitrogen and oxygen atoms in total. The summed E-state index contributed by atoms with van der Waals surface area (Å²) in [6.45, 7) is 31.0. The zero-order valence-electron chi connectivity index (χ0n) is 65.2. The van der Waals surface area contributed by atoms with E-state index >= 15 is 0 Å². The number of hydrogen-bond donors (Lipinski definition) is 0. The van der Waals surface area contributed by atoms with Crippen molar-refractivity contribution in [3.05, 3.63) is 315 Å². The molecule has 1 aliphatic rings. The van der Waals surface area contributed by atoms with Crippen molar-refractivity contribution in [2.24, 2.45) is 0 Å². The molecule has 0 N–H and O–H groups in total. The Morgan fingerprint density at radius 1 is 0.282 bits per heavy atom. The highest BCUT2D eigenvalue weighted by Crippen LogP contribution is 2.56. The first kappa shape index (κ1) is 76.5. The highest BCUT2D eigenvalue weighted by Gasteiger charge is 2.42. The molecule has 0 saturated carbocycles. The lowest BCUT2D eigenvalue weighted by molar-refractivity contribution is 0.398. The third-order valence-electron chi connectivity index (χ3n) is 21.6. The maximum atomic E-state index is 2.60. The number of anilines is 9. The summed E-state index contributed by atoms with van der Waals surface area (Å²) in [6.07, 6.45) is 23.4. The molecule has 0 fully saturated rings. The van der Waals surface area contributed by atoms with Gasteiger partial charge in [-0.2, -0.15) is 0 Å². The van der Waals surface area contributed by atoms with E-state index in [1.54, 1.807) is 11.1 Å². The second-order valence-electron chi connectivity index (χ2n) is 30.1. The molecule has 12 rings (SSSR count). The fourth-order valence-corrected chi connectivity index (χ4v) is 15.3. The maximum absolute atomic E-state index is 2.60. The molecule has 11 aromatic carbocycles. The van der Waals surface area contributed by atoms with Crippen molar-refractivity contribution in [1.29, 1.82) is 0 Å². The van der Waals surface area contributed by atoms with Crippen LogP contribution in [0.25, 0.3) is 22.3 Å². The van der Waals surface area contributed by atoms with Crippen LogP contribution in [0.4, 0.5) is 51.2 Å². The zero-order chi connectivity index (χ0) is 72.8. The molecule has 0 aliphatic heterocycles. The Morgan fingerprint density at radius 2 is 0.602 bits per heavy atom. The van der Waals surface area contributed by atoms with Gasteiger partial charge >= 0.3 is 0 Å². The number of rotatable bonds is 29. The summed E-state index contributed by atoms with van der Waals surface area (Å²) in [6, 6.07) is 90.7. The summed E-state index contributed by atoms with van der Waals surface area (Å²) in [5.41, 5.74) is 34.1. The van der Waals surface area contributed by atoms with E-state index in [4.69, 9.17) is 0 Å². The lowest BCUT2D eigenvalue weighted by Crippen LogP contribution is -2.25. The van der Waals surface area contributed by atoms with Crippen LogP contribution in [0.3, 0.4) is 0 Å². The van der Waals surface area contributed by atoms with Crippen LogP contribution in [0.5, 0.6) is 0 Å². The second kappa shape index (κ2) is 37.3. The van der Waals surface area contributed by atoms with E-state index in [0.29, 0.717) is 5.92 Å². The molecule has 1 atom stereocenters. The fraction of sp³-hybridized carbons (Fsp3) is 0.340. The van der Waals surface area contributed by atoms with Crippen LogP contribution < -0.4 is 14.7 Å². The Bertz CT molecular complexity index is 4260. The van der Waals surface area contributed by atoms with E-state index in [1.165, 1.54) is 237 Å². The Kier molecular flexibility index (Phi) is 27.7. The number of unbranched alkanes of at least 4 members (excludes halogenated alkanes) is 11. The second-order valence-corrected chi connectivity index (χ2v) is 30.1. The smallest absolute Gasteiger partial charge is 0.0520 e. The number of fused-ring (bicyclic) bond motifs is 3. The van der Waals surface area contributed by atoms with Gasteiger partial charge in [0.2, 0.25) is 0 Å². The average molecular weight is 1360 g/mol. The third kappa shape index (κ3) is 19.8. The number of hydrogen-bond acceptors (Lipinski definition) is 3. The normalized spacial score (nSPS) is 12.1. The van der Waals surface area contributed by atoms with Gasteiger partial charge in [-0.05, 0) is 259 Å². The van der Waals surface area contributed by atoms with Gasteiger partial charge in [-0.3, -0.25) is 0 Å². The summed E-state index contributed by atoms with van der Waals surface area (Å²) < 4.78 is 0. The minimum absolute atomic E-state index is 0.0891. The van der Waals surface area contributed by atoms with Crippen molar-refractivity contribution in [3.8, 4) is 22.3 Å². The van der Waals surface area contributed by atoms with Crippen molar-refractivity contribution in [3.63, 3.8) is 0 Å². The fourth-order valence-electron chi connectivity index (χ4n) is 15.3. The van der Waals surface area contributed by atoms with Gasteiger partial charge in [-0.1, -0.05) is 297 Å². The van der Waals surface area contributed by atoms with Crippen LogP contribution in [0, 0.1) is 62.3 Å². The van der Waals surface area contributed by atoms with Gasteiger partial charge in [0.15, 0.2) is 0 Å². The highest BCUT2D eigenvalue weighted by molar-refractivity contribution is 5.86. The van der Waals surface area contributed by atoms with Gasteiger partial charge < -0.3 is 14.7 Å². The van der Waals surface area contributed by atoms with Gasteiger partial charge in [0.25, 0.3) is 0 Å². The molecule has 0 saturated heterocycles. The molecular weight excluding hydrogens is 1240 g/mol. The first-order chi connectivity index (χ1) is 50.0. The van der Waals surface area contributed by atoms with Gasteiger partial charge in [0.05, 0.1) is 5.69 Å². The van der Waals surface area contributed by atoms with Crippen LogP contribution in [0.2, 0.25) is 0 Å². The van der Waals surface area contributed by atoms with Crippen molar-refractivity contribution in [1.82, 2.24) is 0 Å². The standard InChI is InChI=1S/C53H67N.C24H27N.C23H25N/c1-7-10-12-14-16-18-36-53(37-19-17-15-13-11-8-2)51-38-41(5)22-34-49(51)50-35-27-45(39-52(50)53)44-25-32-48(33-26-44)54(46-28-20-40(4)21-29-46)47-30-23-43(24-31-47)42(6)9-3;1-4-5-6-21-11-17-24(18-12-21)25(22-13-7-19(2)8-14-22)23-15-9-20(3)10-16-23;1-16-6-10-21(11-7-16)24(22-12-8-17(2)9-13-22)23-19(4)14-18(3)15-20(23)5/h20-35,38-39,42H,7-19,36-37H2,1-6H3;7-18H,4-6H2,1-3H3;6-15H,1-5H3. The maximum Gasteiger partial charge on any atom is 0.0520 e. The first-order valence-electron chi connectivity index (χ1n) is 39.4. The molecule has 0 heterocycles. The van der Waals surface area contributed by atoms with Crippen molar-refractivity contribution < 1.29 is 0 Å². The van der Waals surface area contributed by atoms with E-state index in [2.05, 4.69) is 354 Å². The lowest BCUT2D eigenvalue weighted by Gasteiger charge is -2.33. The van der Waals surface area contributed by atoms with E-state index in [1.807, 2.05) is 0 Å². The van der Waals surface area contributed by atoms with Crippen molar-refractivity contribution >= 4 is 51.2 Å². The summed E-state index contributed by atoms with van der Waals surface area (Å²) in [5, 5.41) is 0.